The van der Waals surface area contributed by atoms with Gasteiger partial charge < -0.3 is 4.90 Å². The molecule has 0 unspecified atom stereocenters. The molecule has 2 aliphatic rings. The molecule has 138 valence electrons. The summed E-state index contributed by atoms with van der Waals surface area (Å²) in [6.07, 6.45) is 3.64. The summed E-state index contributed by atoms with van der Waals surface area (Å²) in [5.41, 5.74) is 0.951. The average molecular weight is 369 g/mol. The van der Waals surface area contributed by atoms with Gasteiger partial charge in [0.25, 0.3) is 10.2 Å². The van der Waals surface area contributed by atoms with Crippen LogP contribution in [-0.2, 0) is 21.4 Å². The number of benzene rings is 1. The Bertz CT molecular complexity index is 702. The molecule has 0 aromatic heterocycles. The normalized spacial score (nSPS) is 22.5. The Morgan fingerprint density at radius 1 is 1.12 bits per heavy atom. The van der Waals surface area contributed by atoms with Gasteiger partial charge in [-0.1, -0.05) is 18.6 Å². The predicted octanol–water partition coefficient (Wildman–Crippen LogP) is 1.29. The van der Waals surface area contributed by atoms with Gasteiger partial charge in [-0.2, -0.15) is 17.4 Å². The van der Waals surface area contributed by atoms with Crippen molar-refractivity contribution in [2.45, 2.75) is 38.1 Å². The lowest BCUT2D eigenvalue weighted by molar-refractivity contribution is -0.127. The van der Waals surface area contributed by atoms with Gasteiger partial charge in [0.05, 0.1) is 0 Å². The van der Waals surface area contributed by atoms with Gasteiger partial charge in [0.1, 0.15) is 5.82 Å². The second-order valence-electron chi connectivity index (χ2n) is 6.70. The van der Waals surface area contributed by atoms with Gasteiger partial charge in [-0.25, -0.2) is 4.39 Å². The summed E-state index contributed by atoms with van der Waals surface area (Å²) in [6, 6.07) is 5.82. The summed E-state index contributed by atoms with van der Waals surface area (Å²) in [4.78, 5) is 13.8. The minimum absolute atomic E-state index is 0.0477. The van der Waals surface area contributed by atoms with E-state index in [-0.39, 0.29) is 24.2 Å². The van der Waals surface area contributed by atoms with Gasteiger partial charge in [-0.15, -0.1) is 0 Å². The first kappa shape index (κ1) is 18.3. The Balaban J connectivity index is 1.52. The lowest BCUT2D eigenvalue weighted by Crippen LogP contribution is -2.48. The van der Waals surface area contributed by atoms with E-state index >= 15 is 0 Å². The number of hydrogen-bond donors (Lipinski definition) is 1. The van der Waals surface area contributed by atoms with Crippen LogP contribution in [0.4, 0.5) is 4.39 Å². The zero-order valence-corrected chi connectivity index (χ0v) is 15.0. The van der Waals surface area contributed by atoms with Gasteiger partial charge in [-0.3, -0.25) is 4.79 Å². The van der Waals surface area contributed by atoms with Crippen LogP contribution in [0.15, 0.2) is 24.3 Å². The number of halogens is 1. The molecule has 25 heavy (non-hydrogen) atoms. The van der Waals surface area contributed by atoms with E-state index in [4.69, 9.17) is 0 Å². The molecule has 0 saturated carbocycles. The summed E-state index contributed by atoms with van der Waals surface area (Å²) in [6.45, 7) is 1.98. The molecule has 2 heterocycles. The molecule has 2 fully saturated rings. The Hall–Kier alpha value is -1.51. The molecule has 2 aliphatic heterocycles. The van der Waals surface area contributed by atoms with Crippen LogP contribution >= 0.6 is 0 Å². The molecule has 1 aromatic rings. The van der Waals surface area contributed by atoms with Crippen LogP contribution in [0, 0.1) is 5.82 Å². The molecule has 1 atom stereocenters. The highest BCUT2D eigenvalue weighted by molar-refractivity contribution is 7.87. The number of amides is 1. The quantitative estimate of drug-likeness (QED) is 0.821. The topological polar surface area (TPSA) is 69.7 Å². The van der Waals surface area contributed by atoms with Crippen LogP contribution in [0.3, 0.4) is 0 Å². The van der Waals surface area contributed by atoms with Crippen LogP contribution in [0.25, 0.3) is 0 Å². The van der Waals surface area contributed by atoms with Crippen molar-refractivity contribution in [2.75, 3.05) is 26.2 Å². The number of nitrogens with zero attached hydrogens (tertiary/aromatic N) is 2. The standard InChI is InChI=1S/C17H24FN3O3S/c18-15-6-4-14(5-7-15)8-11-20-13-16(12-17(20)22)19-25(23,24)21-9-2-1-3-10-21/h4-7,16,19H,1-3,8-13H2/t16-/m1/s1. The van der Waals surface area contributed by atoms with Gasteiger partial charge >= 0.3 is 0 Å². The van der Waals surface area contributed by atoms with Crippen molar-refractivity contribution < 1.29 is 17.6 Å². The smallest absolute Gasteiger partial charge is 0.279 e. The van der Waals surface area contributed by atoms with Crippen molar-refractivity contribution >= 4 is 16.1 Å². The number of carbonyl (C=O) groups is 1. The van der Waals surface area contributed by atoms with E-state index in [0.29, 0.717) is 32.6 Å². The fourth-order valence-electron chi connectivity index (χ4n) is 3.37. The maximum absolute atomic E-state index is 12.9. The van der Waals surface area contributed by atoms with Gasteiger partial charge in [0.2, 0.25) is 5.91 Å². The van der Waals surface area contributed by atoms with Gasteiger partial charge in [0, 0.05) is 38.6 Å². The molecule has 0 spiro atoms. The van der Waals surface area contributed by atoms with Gasteiger partial charge in [-0.05, 0) is 37.0 Å². The molecular formula is C17H24FN3O3S. The third-order valence-corrected chi connectivity index (χ3v) is 6.44. The molecule has 0 aliphatic carbocycles. The van der Waals surface area contributed by atoms with Crippen LogP contribution in [0.5, 0.6) is 0 Å². The third-order valence-electron chi connectivity index (χ3n) is 4.77. The minimum Gasteiger partial charge on any atom is -0.341 e. The summed E-state index contributed by atoms with van der Waals surface area (Å²) < 4.78 is 41.9. The van der Waals surface area contributed by atoms with Crippen molar-refractivity contribution in [2.24, 2.45) is 0 Å². The Labute approximate surface area is 148 Å². The van der Waals surface area contributed by atoms with Crippen molar-refractivity contribution in [1.82, 2.24) is 13.9 Å². The lowest BCUT2D eigenvalue weighted by Gasteiger charge is -2.27. The zero-order valence-electron chi connectivity index (χ0n) is 14.2. The number of likely N-dealkylation sites (tertiary alicyclic amines) is 1. The van der Waals surface area contributed by atoms with Crippen LogP contribution < -0.4 is 4.72 Å². The Kier molecular flexibility index (Phi) is 5.71. The van der Waals surface area contributed by atoms with E-state index in [1.54, 1.807) is 17.0 Å². The first-order chi connectivity index (χ1) is 11.9. The molecule has 0 bridgehead atoms. The minimum atomic E-state index is -3.52. The predicted molar refractivity (Wildman–Crippen MR) is 92.6 cm³/mol. The highest BCUT2D eigenvalue weighted by Gasteiger charge is 2.34. The monoisotopic (exact) mass is 369 g/mol. The first-order valence-corrected chi connectivity index (χ1v) is 10.2. The molecule has 3 rings (SSSR count). The number of carbonyl (C=O) groups excluding carboxylic acids is 1. The Morgan fingerprint density at radius 2 is 1.80 bits per heavy atom. The maximum Gasteiger partial charge on any atom is 0.279 e. The van der Waals surface area contributed by atoms with Crippen LogP contribution in [0.2, 0.25) is 0 Å². The fourth-order valence-corrected chi connectivity index (χ4v) is 4.84. The van der Waals surface area contributed by atoms with Gasteiger partial charge in [0.15, 0.2) is 0 Å². The summed E-state index contributed by atoms with van der Waals surface area (Å²) in [5, 5.41) is 0. The molecule has 1 aromatic carbocycles. The fraction of sp³-hybridized carbons (Fsp3) is 0.588. The summed E-state index contributed by atoms with van der Waals surface area (Å²) in [5.74, 6) is -0.332. The lowest BCUT2D eigenvalue weighted by atomic mass is 10.1. The first-order valence-electron chi connectivity index (χ1n) is 8.74. The van der Waals surface area contributed by atoms with E-state index in [0.717, 1.165) is 24.8 Å². The summed E-state index contributed by atoms with van der Waals surface area (Å²) >= 11 is 0. The van der Waals surface area contributed by atoms with Crippen LogP contribution in [-0.4, -0.2) is 55.8 Å². The largest absolute Gasteiger partial charge is 0.341 e. The van der Waals surface area contributed by atoms with Crippen molar-refractivity contribution in [3.05, 3.63) is 35.6 Å². The van der Waals surface area contributed by atoms with E-state index in [1.807, 2.05) is 0 Å². The van der Waals surface area contributed by atoms with E-state index < -0.39 is 10.2 Å². The molecular weight excluding hydrogens is 345 g/mol. The second kappa shape index (κ2) is 7.80. The highest BCUT2D eigenvalue weighted by atomic mass is 32.2. The Morgan fingerprint density at radius 3 is 2.48 bits per heavy atom. The molecule has 2 saturated heterocycles. The molecule has 1 amide bonds. The van der Waals surface area contributed by atoms with E-state index in [9.17, 15) is 17.6 Å². The number of rotatable bonds is 6. The molecule has 0 radical (unpaired) electrons. The van der Waals surface area contributed by atoms with Crippen molar-refractivity contribution in [1.29, 1.82) is 0 Å². The van der Waals surface area contributed by atoms with Crippen molar-refractivity contribution in [3.8, 4) is 0 Å². The molecule has 6 nitrogen and oxygen atoms in total. The highest BCUT2D eigenvalue weighted by Crippen LogP contribution is 2.17. The van der Waals surface area contributed by atoms with Crippen molar-refractivity contribution in [3.63, 3.8) is 0 Å². The number of piperidine rings is 1. The SMILES string of the molecule is O=C1C[C@@H](NS(=O)(=O)N2CCCCC2)CN1CCc1ccc(F)cc1. The zero-order chi connectivity index (χ0) is 17.9. The molecule has 1 N–H and O–H groups in total. The van der Waals surface area contributed by atoms with E-state index in [1.165, 1.54) is 16.4 Å². The number of nitrogens with one attached hydrogen (secondary N) is 1. The molecule has 8 heteroatoms. The van der Waals surface area contributed by atoms with Crippen LogP contribution in [0.1, 0.15) is 31.2 Å². The summed E-state index contributed by atoms with van der Waals surface area (Å²) in [7, 11) is -3.52. The number of hydrogen-bond acceptors (Lipinski definition) is 3. The second-order valence-corrected chi connectivity index (χ2v) is 8.40. The maximum atomic E-state index is 12.9. The third kappa shape index (κ3) is 4.77. The average Bonchev–Trinajstić information content (AvgIpc) is 2.94. The van der Waals surface area contributed by atoms with E-state index in [2.05, 4.69) is 4.72 Å².